The second kappa shape index (κ2) is 6.72. The van der Waals surface area contributed by atoms with Gasteiger partial charge in [-0.25, -0.2) is 10.4 Å². The number of aryl methyl sites for hydroxylation is 1. The summed E-state index contributed by atoms with van der Waals surface area (Å²) in [5.74, 6) is -0.301. The molecule has 4 rings (SSSR count). The summed E-state index contributed by atoms with van der Waals surface area (Å²) in [6.45, 7) is 1.81. The summed E-state index contributed by atoms with van der Waals surface area (Å²) in [5, 5.41) is 6.36. The van der Waals surface area contributed by atoms with E-state index in [2.05, 4.69) is 31.4 Å². The van der Waals surface area contributed by atoms with E-state index in [-0.39, 0.29) is 5.91 Å². The second-order valence-corrected chi connectivity index (χ2v) is 6.80. The number of hydrogen-bond acceptors (Lipinski definition) is 3. The Morgan fingerprint density at radius 2 is 1.96 bits per heavy atom. The lowest BCUT2D eigenvalue weighted by Crippen LogP contribution is -2.20. The number of carbonyl (C=O) groups excluding carboxylic acids is 1. The molecule has 0 saturated heterocycles. The number of pyridine rings is 1. The van der Waals surface area contributed by atoms with E-state index in [0.717, 1.165) is 20.8 Å². The summed E-state index contributed by atoms with van der Waals surface area (Å²) < 4.78 is 2.62. The third-order valence-corrected chi connectivity index (χ3v) is 4.63. The summed E-state index contributed by atoms with van der Waals surface area (Å²) in [7, 11) is 0. The van der Waals surface area contributed by atoms with Crippen molar-refractivity contribution in [3.8, 4) is 0 Å². The molecule has 2 heterocycles. The molecule has 26 heavy (non-hydrogen) atoms. The minimum atomic E-state index is -0.301. The van der Waals surface area contributed by atoms with Gasteiger partial charge in [0.25, 0.3) is 5.91 Å². The molecule has 2 aromatic heterocycles. The first-order chi connectivity index (χ1) is 12.6. The summed E-state index contributed by atoms with van der Waals surface area (Å²) in [6.07, 6.45) is 3.48. The van der Waals surface area contributed by atoms with Gasteiger partial charge in [0.15, 0.2) is 0 Å². The summed E-state index contributed by atoms with van der Waals surface area (Å²) in [6, 6.07) is 17.8. The van der Waals surface area contributed by atoms with Crippen molar-refractivity contribution in [1.82, 2.24) is 14.8 Å². The molecule has 4 aromatic rings. The zero-order valence-corrected chi connectivity index (χ0v) is 15.6. The Kier molecular flexibility index (Phi) is 4.26. The molecule has 0 spiro atoms. The van der Waals surface area contributed by atoms with Crippen molar-refractivity contribution in [2.24, 2.45) is 5.10 Å². The van der Waals surface area contributed by atoms with Gasteiger partial charge < -0.3 is 0 Å². The van der Waals surface area contributed by atoms with Crippen LogP contribution in [0.25, 0.3) is 16.4 Å². The molecule has 6 heteroatoms. The second-order valence-electron chi connectivity index (χ2n) is 5.89. The first-order valence-electron chi connectivity index (χ1n) is 8.09. The lowest BCUT2D eigenvalue weighted by Gasteiger charge is -2.03. The lowest BCUT2D eigenvalue weighted by molar-refractivity contribution is 0.0948. The Hall–Kier alpha value is -2.99. The molecule has 1 amide bonds. The van der Waals surface area contributed by atoms with Gasteiger partial charge in [-0.15, -0.1) is 0 Å². The number of nitrogens with zero attached hydrogens (tertiary/aromatic N) is 3. The maximum Gasteiger partial charge on any atom is 0.290 e. The molecular weight excluding hydrogens is 392 g/mol. The van der Waals surface area contributed by atoms with Crippen molar-refractivity contribution in [2.75, 3.05) is 0 Å². The molecule has 0 fully saturated rings. The average Bonchev–Trinajstić information content (AvgIpc) is 2.97. The molecule has 0 aliphatic rings. The van der Waals surface area contributed by atoms with Gasteiger partial charge in [-0.05, 0) is 45.8 Å². The summed E-state index contributed by atoms with van der Waals surface area (Å²) in [4.78, 5) is 17.0. The fourth-order valence-corrected chi connectivity index (χ4v) is 3.32. The van der Waals surface area contributed by atoms with Gasteiger partial charge >= 0.3 is 0 Å². The molecule has 2 aromatic carbocycles. The van der Waals surface area contributed by atoms with Crippen LogP contribution in [0.15, 0.2) is 70.4 Å². The highest BCUT2D eigenvalue weighted by Gasteiger charge is 2.16. The molecule has 5 nitrogen and oxygen atoms in total. The van der Waals surface area contributed by atoms with Crippen molar-refractivity contribution < 1.29 is 4.79 Å². The molecule has 0 atom stereocenters. The van der Waals surface area contributed by atoms with Crippen LogP contribution < -0.4 is 5.43 Å². The fraction of sp³-hybridized carbons (Fsp3) is 0.0500. The quantitative estimate of drug-likeness (QED) is 0.406. The van der Waals surface area contributed by atoms with Crippen LogP contribution in [0.1, 0.15) is 21.7 Å². The van der Waals surface area contributed by atoms with Gasteiger partial charge in [0.2, 0.25) is 0 Å². The smallest absolute Gasteiger partial charge is 0.290 e. The number of rotatable bonds is 3. The number of hydrogen-bond donors (Lipinski definition) is 1. The van der Waals surface area contributed by atoms with Crippen molar-refractivity contribution >= 4 is 44.5 Å². The van der Waals surface area contributed by atoms with Crippen molar-refractivity contribution in [3.63, 3.8) is 0 Å². The standard InChI is InChI=1S/C20H15BrN4O/c1-13-19(25-12-16(21)9-10-18(25)23-13)20(26)24-22-11-15-7-4-6-14-5-2-3-8-17(14)15/h2-12H,1H3,(H,24,26). The Morgan fingerprint density at radius 3 is 2.85 bits per heavy atom. The van der Waals surface area contributed by atoms with Crippen molar-refractivity contribution in [3.05, 3.63) is 82.2 Å². The monoisotopic (exact) mass is 406 g/mol. The van der Waals surface area contributed by atoms with Gasteiger partial charge in [0.05, 0.1) is 11.9 Å². The van der Waals surface area contributed by atoms with E-state index >= 15 is 0 Å². The van der Waals surface area contributed by atoms with Crippen LogP contribution in [0.2, 0.25) is 0 Å². The van der Waals surface area contributed by atoms with Crippen LogP contribution in [0, 0.1) is 6.92 Å². The van der Waals surface area contributed by atoms with E-state index in [9.17, 15) is 4.79 Å². The van der Waals surface area contributed by atoms with Crippen LogP contribution in [0.4, 0.5) is 0 Å². The lowest BCUT2D eigenvalue weighted by atomic mass is 10.1. The summed E-state index contributed by atoms with van der Waals surface area (Å²) in [5.41, 5.74) is 5.39. The van der Waals surface area contributed by atoms with Crippen LogP contribution in [-0.4, -0.2) is 21.5 Å². The average molecular weight is 407 g/mol. The van der Waals surface area contributed by atoms with Gasteiger partial charge in [0.1, 0.15) is 11.3 Å². The zero-order valence-electron chi connectivity index (χ0n) is 14.0. The van der Waals surface area contributed by atoms with E-state index in [4.69, 9.17) is 0 Å². The number of hydrazone groups is 1. The molecule has 0 unspecified atom stereocenters. The minimum absolute atomic E-state index is 0.301. The van der Waals surface area contributed by atoms with E-state index in [1.807, 2.05) is 67.7 Å². The number of nitrogens with one attached hydrogen (secondary N) is 1. The number of fused-ring (bicyclic) bond motifs is 2. The maximum absolute atomic E-state index is 12.6. The highest BCUT2D eigenvalue weighted by atomic mass is 79.9. The molecule has 0 radical (unpaired) electrons. The highest BCUT2D eigenvalue weighted by molar-refractivity contribution is 9.10. The Morgan fingerprint density at radius 1 is 1.15 bits per heavy atom. The first-order valence-corrected chi connectivity index (χ1v) is 8.88. The number of imidazole rings is 1. The molecule has 0 aliphatic carbocycles. The Labute approximate surface area is 158 Å². The third kappa shape index (κ3) is 2.99. The fourth-order valence-electron chi connectivity index (χ4n) is 2.99. The Balaban J connectivity index is 1.62. The van der Waals surface area contributed by atoms with Crippen LogP contribution in [0.3, 0.4) is 0 Å². The normalized spacial score (nSPS) is 11.5. The Bertz CT molecular complexity index is 1160. The summed E-state index contributed by atoms with van der Waals surface area (Å²) >= 11 is 3.42. The topological polar surface area (TPSA) is 58.8 Å². The van der Waals surface area contributed by atoms with Crippen molar-refractivity contribution in [2.45, 2.75) is 6.92 Å². The first kappa shape index (κ1) is 16.5. The van der Waals surface area contributed by atoms with Crippen LogP contribution in [0.5, 0.6) is 0 Å². The van der Waals surface area contributed by atoms with Gasteiger partial charge in [0, 0.05) is 16.2 Å². The van der Waals surface area contributed by atoms with Crippen LogP contribution in [-0.2, 0) is 0 Å². The molecule has 0 bridgehead atoms. The van der Waals surface area contributed by atoms with E-state index in [0.29, 0.717) is 17.0 Å². The molecule has 1 N–H and O–H groups in total. The number of aromatic nitrogens is 2. The number of benzene rings is 2. The van der Waals surface area contributed by atoms with E-state index < -0.39 is 0 Å². The predicted molar refractivity (Wildman–Crippen MR) is 107 cm³/mol. The minimum Gasteiger partial charge on any atom is -0.294 e. The van der Waals surface area contributed by atoms with Gasteiger partial charge in [-0.2, -0.15) is 5.10 Å². The van der Waals surface area contributed by atoms with Crippen LogP contribution >= 0.6 is 15.9 Å². The van der Waals surface area contributed by atoms with Crippen molar-refractivity contribution in [1.29, 1.82) is 0 Å². The van der Waals surface area contributed by atoms with Gasteiger partial charge in [-0.1, -0.05) is 42.5 Å². The van der Waals surface area contributed by atoms with Gasteiger partial charge in [-0.3, -0.25) is 9.20 Å². The van der Waals surface area contributed by atoms with E-state index in [1.54, 1.807) is 10.6 Å². The molecule has 0 saturated carbocycles. The maximum atomic E-state index is 12.6. The number of carbonyl (C=O) groups is 1. The zero-order chi connectivity index (χ0) is 18.1. The third-order valence-electron chi connectivity index (χ3n) is 4.16. The largest absolute Gasteiger partial charge is 0.294 e. The number of halogens is 1. The predicted octanol–water partition coefficient (Wildman–Crippen LogP) is 4.32. The molecular formula is C20H15BrN4O. The highest BCUT2D eigenvalue weighted by Crippen LogP contribution is 2.18. The number of amides is 1. The molecule has 128 valence electrons. The SMILES string of the molecule is Cc1nc2ccc(Br)cn2c1C(=O)NN=Cc1cccc2ccccc12. The van der Waals surface area contributed by atoms with E-state index in [1.165, 1.54) is 0 Å². The molecule has 0 aliphatic heterocycles.